The van der Waals surface area contributed by atoms with Crippen LogP contribution in [0.1, 0.15) is 0 Å². The highest BCUT2D eigenvalue weighted by molar-refractivity contribution is 5.43. The van der Waals surface area contributed by atoms with Crippen molar-refractivity contribution in [2.24, 2.45) is 5.73 Å². The number of hydrogen-bond donors (Lipinski definition) is 1. The van der Waals surface area contributed by atoms with Crippen LogP contribution >= 0.6 is 0 Å². The molecule has 0 bridgehead atoms. The average molecular weight is 83.1 g/mol. The Labute approximate surface area is 36.0 Å². The Bertz CT molecular complexity index is 96.1. The summed E-state index contributed by atoms with van der Waals surface area (Å²) in [5, 5.41) is 0. The van der Waals surface area contributed by atoms with Gasteiger partial charge in [-0.25, -0.2) is 4.79 Å². The van der Waals surface area contributed by atoms with Crippen molar-refractivity contribution in [2.45, 2.75) is 0 Å². The molecule has 2 heteroatoms. The Hall–Kier alpha value is -0.810. The van der Waals surface area contributed by atoms with E-state index in [1.54, 1.807) is 0 Å². The van der Waals surface area contributed by atoms with E-state index >= 15 is 0 Å². The van der Waals surface area contributed by atoms with E-state index in [2.05, 4.69) is 5.73 Å². The Morgan fingerprint density at radius 1 is 1.83 bits per heavy atom. The quantitative estimate of drug-likeness (QED) is 0.342. The largest absolute Gasteiger partial charge is 0.326 e. The van der Waals surface area contributed by atoms with Crippen LogP contribution in [0.2, 0.25) is 0 Å². The van der Waals surface area contributed by atoms with E-state index in [0.29, 0.717) is 6.54 Å². The molecule has 0 spiro atoms. The average Bonchev–Trinajstić information content (AvgIpc) is 1.61. The summed E-state index contributed by atoms with van der Waals surface area (Å²) in [7, 11) is 0. The highest BCUT2D eigenvalue weighted by atomic mass is 16.1. The molecule has 0 aromatic heterocycles. The minimum Gasteiger partial charge on any atom is -0.326 e. The van der Waals surface area contributed by atoms with Gasteiger partial charge in [-0.05, 0) is 11.8 Å². The van der Waals surface area contributed by atoms with Crippen LogP contribution in [0.15, 0.2) is 11.8 Å². The van der Waals surface area contributed by atoms with Crippen LogP contribution in [0.5, 0.6) is 0 Å². The van der Waals surface area contributed by atoms with Crippen LogP contribution < -0.4 is 5.73 Å². The maximum atomic E-state index is 9.24. The molecule has 2 N–H and O–H groups in total. The zero-order chi connectivity index (χ0) is 4.83. The van der Waals surface area contributed by atoms with Crippen molar-refractivity contribution < 1.29 is 4.79 Å². The van der Waals surface area contributed by atoms with Crippen molar-refractivity contribution in [1.82, 2.24) is 0 Å². The predicted octanol–water partition coefficient (Wildman–Crippen LogP) is -0.512. The summed E-state index contributed by atoms with van der Waals surface area (Å²) in [5.41, 5.74) is 7.06. The van der Waals surface area contributed by atoms with E-state index in [4.69, 9.17) is 5.73 Å². The normalized spacial score (nSPS) is 5.50. The molecule has 2 nitrogen and oxygen atoms in total. The summed E-state index contributed by atoms with van der Waals surface area (Å²) in [6, 6.07) is 0. The molecule has 6 heavy (non-hydrogen) atoms. The van der Waals surface area contributed by atoms with E-state index in [9.17, 15) is 4.79 Å². The van der Waals surface area contributed by atoms with Gasteiger partial charge in [0.25, 0.3) is 0 Å². The zero-order valence-corrected chi connectivity index (χ0v) is 3.27. The van der Waals surface area contributed by atoms with Gasteiger partial charge >= 0.3 is 0 Å². The fourth-order valence-electron chi connectivity index (χ4n) is 0.101. The minimum atomic E-state index is 0.356. The topological polar surface area (TPSA) is 43.1 Å². The van der Waals surface area contributed by atoms with Gasteiger partial charge in [-0.1, -0.05) is 0 Å². The molecule has 0 aliphatic rings. The van der Waals surface area contributed by atoms with E-state index in [1.807, 2.05) is 0 Å². The fourth-order valence-corrected chi connectivity index (χ4v) is 0.101. The van der Waals surface area contributed by atoms with Gasteiger partial charge in [0.2, 0.25) is 0 Å². The molecule has 0 amide bonds. The van der Waals surface area contributed by atoms with Gasteiger partial charge in [0.05, 0.1) is 0 Å². The molecule has 0 rings (SSSR count). The molecule has 0 aromatic rings. The lowest BCUT2D eigenvalue weighted by atomic mass is 10.6. The van der Waals surface area contributed by atoms with E-state index in [1.165, 1.54) is 12.0 Å². The van der Waals surface area contributed by atoms with Gasteiger partial charge in [-0.15, -0.1) is 0 Å². The molecule has 0 saturated carbocycles. The standard InChI is InChI=1S/C4H5NO/c5-3-1-2-4-6/h1H,3,5H2. The van der Waals surface area contributed by atoms with Crippen molar-refractivity contribution in [3.63, 3.8) is 0 Å². The zero-order valence-electron chi connectivity index (χ0n) is 3.27. The van der Waals surface area contributed by atoms with Crippen molar-refractivity contribution in [3.8, 4) is 0 Å². The van der Waals surface area contributed by atoms with Gasteiger partial charge < -0.3 is 5.73 Å². The second kappa shape index (κ2) is 4.19. The number of carbonyl (C=O) groups excluding carboxylic acids is 1. The first-order valence-electron chi connectivity index (χ1n) is 1.56. The van der Waals surface area contributed by atoms with Crippen molar-refractivity contribution in [3.05, 3.63) is 11.8 Å². The molecular weight excluding hydrogens is 78.0 g/mol. The first kappa shape index (κ1) is 5.19. The molecule has 0 saturated heterocycles. The summed E-state index contributed by atoms with van der Waals surface area (Å²) in [5.74, 6) is 1.43. The number of nitrogens with two attached hydrogens (primary N) is 1. The highest BCUT2D eigenvalue weighted by Gasteiger charge is 1.51. The van der Waals surface area contributed by atoms with Gasteiger partial charge in [-0.2, -0.15) is 0 Å². The molecule has 0 radical (unpaired) electrons. The second-order valence-corrected chi connectivity index (χ2v) is 0.686. The summed E-state index contributed by atoms with van der Waals surface area (Å²) in [6.07, 6.45) is 1.41. The second-order valence-electron chi connectivity index (χ2n) is 0.686. The summed E-state index contributed by atoms with van der Waals surface area (Å²) in [4.78, 5) is 9.24. The third kappa shape index (κ3) is 3.19. The Morgan fingerprint density at radius 2 is 2.50 bits per heavy atom. The molecule has 32 valence electrons. The molecule has 0 atom stereocenters. The first-order chi connectivity index (χ1) is 2.91. The SMILES string of the molecule is NCC=C=C=O. The molecule has 0 fully saturated rings. The number of rotatable bonds is 1. The number of hydrogen-bond acceptors (Lipinski definition) is 2. The monoisotopic (exact) mass is 83.0 g/mol. The molecule has 0 aliphatic heterocycles. The summed E-state index contributed by atoms with van der Waals surface area (Å²) >= 11 is 0. The van der Waals surface area contributed by atoms with Crippen LogP contribution in [0.25, 0.3) is 0 Å². The summed E-state index contributed by atoms with van der Waals surface area (Å²) in [6.45, 7) is 0.356. The lowest BCUT2D eigenvalue weighted by molar-refractivity contribution is 0.569. The molecular formula is C4H5NO. The lowest BCUT2D eigenvalue weighted by Gasteiger charge is -1.61. The predicted molar refractivity (Wildman–Crippen MR) is 22.8 cm³/mol. The van der Waals surface area contributed by atoms with Crippen LogP contribution in [-0.2, 0) is 4.79 Å². The Morgan fingerprint density at radius 3 is 2.67 bits per heavy atom. The summed E-state index contributed by atoms with van der Waals surface area (Å²) < 4.78 is 0. The molecule has 0 heterocycles. The van der Waals surface area contributed by atoms with Crippen LogP contribution in [0.3, 0.4) is 0 Å². The van der Waals surface area contributed by atoms with Gasteiger partial charge in [0, 0.05) is 6.54 Å². The third-order valence-electron chi connectivity index (χ3n) is 0.279. The van der Waals surface area contributed by atoms with Crippen LogP contribution in [0.4, 0.5) is 0 Å². The smallest absolute Gasteiger partial charge is 0.176 e. The minimum absolute atomic E-state index is 0.356. The van der Waals surface area contributed by atoms with Crippen molar-refractivity contribution >= 4 is 5.94 Å². The highest BCUT2D eigenvalue weighted by Crippen LogP contribution is 1.47. The fraction of sp³-hybridized carbons (Fsp3) is 0.250. The lowest BCUT2D eigenvalue weighted by Crippen LogP contribution is -1.90. The van der Waals surface area contributed by atoms with Gasteiger partial charge in [-0.3, -0.25) is 0 Å². The maximum Gasteiger partial charge on any atom is 0.176 e. The van der Waals surface area contributed by atoms with Crippen LogP contribution in [-0.4, -0.2) is 12.5 Å². The third-order valence-corrected chi connectivity index (χ3v) is 0.279. The molecule has 0 aliphatic carbocycles. The molecule has 0 unspecified atom stereocenters. The van der Waals surface area contributed by atoms with E-state index in [0.717, 1.165) is 0 Å². The maximum absolute atomic E-state index is 9.24. The van der Waals surface area contributed by atoms with Gasteiger partial charge in [0.1, 0.15) is 0 Å². The van der Waals surface area contributed by atoms with E-state index in [-0.39, 0.29) is 0 Å². The van der Waals surface area contributed by atoms with E-state index < -0.39 is 0 Å². The van der Waals surface area contributed by atoms with Crippen LogP contribution in [0, 0.1) is 0 Å². The van der Waals surface area contributed by atoms with Gasteiger partial charge in [0.15, 0.2) is 5.94 Å². The Kier molecular flexibility index (Phi) is 3.62. The first-order valence-corrected chi connectivity index (χ1v) is 1.56. The molecule has 0 aromatic carbocycles. The Balaban J connectivity index is 3.47. The van der Waals surface area contributed by atoms with Crippen molar-refractivity contribution in [2.75, 3.05) is 6.54 Å². The van der Waals surface area contributed by atoms with Crippen molar-refractivity contribution in [1.29, 1.82) is 0 Å².